The monoisotopic (exact) mass is 204 g/mol. The molecule has 82 valence electrons. The summed E-state index contributed by atoms with van der Waals surface area (Å²) in [6.45, 7) is 2.11. The first kappa shape index (κ1) is 10.3. The minimum Gasteiger partial charge on any atom is -0.399 e. The van der Waals surface area contributed by atoms with Crippen molar-refractivity contribution >= 4 is 11.4 Å². The molecule has 0 radical (unpaired) electrons. The first-order valence-corrected chi connectivity index (χ1v) is 5.84. The van der Waals surface area contributed by atoms with E-state index in [1.54, 1.807) is 0 Å². The molecule has 0 unspecified atom stereocenters. The van der Waals surface area contributed by atoms with Crippen molar-refractivity contribution < 1.29 is 0 Å². The second kappa shape index (κ2) is 4.13. The standard InChI is InChI=1S/C13H20N2/c1-9-12(7-11(14)8-13(9)15)10-5-3-2-4-6-10/h7-8,10H,2-6,14-15H2,1H3. The third-order valence-electron chi connectivity index (χ3n) is 3.56. The van der Waals surface area contributed by atoms with Crippen LogP contribution in [-0.4, -0.2) is 0 Å². The van der Waals surface area contributed by atoms with Gasteiger partial charge in [-0.3, -0.25) is 0 Å². The summed E-state index contributed by atoms with van der Waals surface area (Å²) in [5, 5.41) is 0. The van der Waals surface area contributed by atoms with Crippen molar-refractivity contribution in [3.05, 3.63) is 23.3 Å². The first-order chi connectivity index (χ1) is 7.18. The largest absolute Gasteiger partial charge is 0.399 e. The van der Waals surface area contributed by atoms with Crippen LogP contribution < -0.4 is 11.5 Å². The molecule has 1 fully saturated rings. The fourth-order valence-electron chi connectivity index (χ4n) is 2.62. The molecular weight excluding hydrogens is 184 g/mol. The van der Waals surface area contributed by atoms with E-state index in [2.05, 4.69) is 13.0 Å². The third kappa shape index (κ3) is 2.09. The van der Waals surface area contributed by atoms with E-state index in [9.17, 15) is 0 Å². The Morgan fingerprint density at radius 3 is 2.40 bits per heavy atom. The lowest BCUT2D eigenvalue weighted by Gasteiger charge is -2.24. The van der Waals surface area contributed by atoms with Crippen LogP contribution in [0.1, 0.15) is 49.1 Å². The summed E-state index contributed by atoms with van der Waals surface area (Å²) in [4.78, 5) is 0. The van der Waals surface area contributed by atoms with Crippen LogP contribution in [0.15, 0.2) is 12.1 Å². The topological polar surface area (TPSA) is 52.0 Å². The molecule has 1 aromatic carbocycles. The molecule has 4 N–H and O–H groups in total. The highest BCUT2D eigenvalue weighted by atomic mass is 14.6. The van der Waals surface area contributed by atoms with Crippen LogP contribution >= 0.6 is 0 Å². The molecule has 2 rings (SSSR count). The van der Waals surface area contributed by atoms with E-state index in [-0.39, 0.29) is 0 Å². The van der Waals surface area contributed by atoms with E-state index in [1.807, 2.05) is 6.07 Å². The summed E-state index contributed by atoms with van der Waals surface area (Å²) in [5.74, 6) is 0.685. The van der Waals surface area contributed by atoms with Crippen molar-refractivity contribution in [1.82, 2.24) is 0 Å². The lowest BCUT2D eigenvalue weighted by atomic mass is 9.82. The van der Waals surface area contributed by atoms with Gasteiger partial charge in [0.05, 0.1) is 0 Å². The van der Waals surface area contributed by atoms with Crippen molar-refractivity contribution in [3.8, 4) is 0 Å². The number of nitrogens with two attached hydrogens (primary N) is 2. The van der Waals surface area contributed by atoms with E-state index in [0.29, 0.717) is 5.92 Å². The summed E-state index contributed by atoms with van der Waals surface area (Å²) in [7, 11) is 0. The molecular formula is C13H20N2. The van der Waals surface area contributed by atoms with Gasteiger partial charge in [-0.1, -0.05) is 19.3 Å². The Balaban J connectivity index is 2.33. The van der Waals surface area contributed by atoms with Crippen LogP contribution in [0.4, 0.5) is 11.4 Å². The molecule has 1 saturated carbocycles. The van der Waals surface area contributed by atoms with Gasteiger partial charge in [-0.05, 0) is 48.9 Å². The molecule has 0 aromatic heterocycles. The Kier molecular flexibility index (Phi) is 2.85. The summed E-state index contributed by atoms with van der Waals surface area (Å²) in [6, 6.07) is 3.98. The van der Waals surface area contributed by atoms with E-state index in [4.69, 9.17) is 11.5 Å². The van der Waals surface area contributed by atoms with E-state index < -0.39 is 0 Å². The van der Waals surface area contributed by atoms with Crippen LogP contribution in [-0.2, 0) is 0 Å². The number of anilines is 2. The van der Waals surface area contributed by atoms with E-state index in [1.165, 1.54) is 43.2 Å². The summed E-state index contributed by atoms with van der Waals surface area (Å²) >= 11 is 0. The Morgan fingerprint density at radius 2 is 1.73 bits per heavy atom. The van der Waals surface area contributed by atoms with Crippen molar-refractivity contribution in [3.63, 3.8) is 0 Å². The number of hydrogen-bond acceptors (Lipinski definition) is 2. The van der Waals surface area contributed by atoms with Crippen molar-refractivity contribution in [2.24, 2.45) is 0 Å². The quantitative estimate of drug-likeness (QED) is 0.690. The first-order valence-electron chi connectivity index (χ1n) is 5.84. The van der Waals surface area contributed by atoms with Gasteiger partial charge in [0.25, 0.3) is 0 Å². The number of benzene rings is 1. The second-order valence-electron chi connectivity index (χ2n) is 4.66. The molecule has 1 aliphatic rings. The maximum Gasteiger partial charge on any atom is 0.0367 e. The minimum atomic E-state index is 0.685. The highest BCUT2D eigenvalue weighted by molar-refractivity contribution is 5.60. The van der Waals surface area contributed by atoms with Crippen LogP contribution in [0.3, 0.4) is 0 Å². The van der Waals surface area contributed by atoms with Crippen LogP contribution in [0, 0.1) is 6.92 Å². The predicted octanol–water partition coefficient (Wildman–Crippen LogP) is 3.21. The molecule has 0 amide bonds. The van der Waals surface area contributed by atoms with Gasteiger partial charge < -0.3 is 11.5 Å². The summed E-state index contributed by atoms with van der Waals surface area (Å²) in [6.07, 6.45) is 6.67. The molecule has 0 bridgehead atoms. The van der Waals surface area contributed by atoms with E-state index in [0.717, 1.165) is 11.4 Å². The zero-order chi connectivity index (χ0) is 10.8. The highest BCUT2D eigenvalue weighted by Crippen LogP contribution is 2.36. The predicted molar refractivity (Wildman–Crippen MR) is 65.8 cm³/mol. The molecule has 2 nitrogen and oxygen atoms in total. The summed E-state index contributed by atoms with van der Waals surface area (Å²) in [5.41, 5.74) is 16.1. The maximum absolute atomic E-state index is 5.95. The van der Waals surface area contributed by atoms with Gasteiger partial charge >= 0.3 is 0 Å². The van der Waals surface area contributed by atoms with Gasteiger partial charge in [0, 0.05) is 11.4 Å². The minimum absolute atomic E-state index is 0.685. The molecule has 0 spiro atoms. The van der Waals surface area contributed by atoms with Crippen molar-refractivity contribution in [2.45, 2.75) is 44.9 Å². The Morgan fingerprint density at radius 1 is 1.07 bits per heavy atom. The number of hydrogen-bond donors (Lipinski definition) is 2. The number of rotatable bonds is 1. The average molecular weight is 204 g/mol. The van der Waals surface area contributed by atoms with Gasteiger partial charge in [-0.15, -0.1) is 0 Å². The van der Waals surface area contributed by atoms with Crippen LogP contribution in [0.5, 0.6) is 0 Å². The van der Waals surface area contributed by atoms with Gasteiger partial charge in [0.2, 0.25) is 0 Å². The summed E-state index contributed by atoms with van der Waals surface area (Å²) < 4.78 is 0. The lowest BCUT2D eigenvalue weighted by molar-refractivity contribution is 0.442. The zero-order valence-corrected chi connectivity index (χ0v) is 9.42. The van der Waals surface area contributed by atoms with Crippen LogP contribution in [0.2, 0.25) is 0 Å². The van der Waals surface area contributed by atoms with Gasteiger partial charge in [0.1, 0.15) is 0 Å². The fourth-order valence-corrected chi connectivity index (χ4v) is 2.62. The fraction of sp³-hybridized carbons (Fsp3) is 0.538. The Bertz CT molecular complexity index is 352. The molecule has 0 heterocycles. The van der Waals surface area contributed by atoms with Crippen molar-refractivity contribution in [1.29, 1.82) is 0 Å². The van der Waals surface area contributed by atoms with Crippen LogP contribution in [0.25, 0.3) is 0 Å². The van der Waals surface area contributed by atoms with Gasteiger partial charge in [0.15, 0.2) is 0 Å². The zero-order valence-electron chi connectivity index (χ0n) is 9.42. The van der Waals surface area contributed by atoms with E-state index >= 15 is 0 Å². The lowest BCUT2D eigenvalue weighted by Crippen LogP contribution is -2.08. The average Bonchev–Trinajstić information content (AvgIpc) is 2.24. The molecule has 1 aliphatic carbocycles. The molecule has 0 atom stereocenters. The number of nitrogen functional groups attached to an aromatic ring is 2. The normalized spacial score (nSPS) is 17.9. The SMILES string of the molecule is Cc1c(N)cc(N)cc1C1CCCCC1. The molecule has 0 saturated heterocycles. The highest BCUT2D eigenvalue weighted by Gasteiger charge is 2.18. The third-order valence-corrected chi connectivity index (χ3v) is 3.56. The van der Waals surface area contributed by atoms with Crippen molar-refractivity contribution in [2.75, 3.05) is 11.5 Å². The smallest absolute Gasteiger partial charge is 0.0367 e. The van der Waals surface area contributed by atoms with Gasteiger partial charge in [-0.2, -0.15) is 0 Å². The molecule has 2 heteroatoms. The Hall–Kier alpha value is -1.18. The molecule has 15 heavy (non-hydrogen) atoms. The van der Waals surface area contributed by atoms with Gasteiger partial charge in [-0.25, -0.2) is 0 Å². The Labute approximate surface area is 91.7 Å². The maximum atomic E-state index is 5.95. The molecule has 1 aromatic rings. The molecule has 0 aliphatic heterocycles. The second-order valence-corrected chi connectivity index (χ2v) is 4.66.